The SMILES string of the molecule is CCSc1ccc(/C(N)=N/O)cc1. The van der Waals surface area contributed by atoms with E-state index in [4.69, 9.17) is 10.9 Å². The maximum atomic E-state index is 8.42. The fourth-order valence-electron chi connectivity index (χ4n) is 0.946. The van der Waals surface area contributed by atoms with Gasteiger partial charge in [-0.2, -0.15) is 0 Å². The van der Waals surface area contributed by atoms with Gasteiger partial charge in [0.25, 0.3) is 0 Å². The normalized spacial score (nSPS) is 11.6. The minimum Gasteiger partial charge on any atom is -0.409 e. The number of amidine groups is 1. The zero-order valence-corrected chi connectivity index (χ0v) is 8.21. The average molecular weight is 196 g/mol. The Hall–Kier alpha value is -1.16. The molecule has 0 radical (unpaired) electrons. The highest BCUT2D eigenvalue weighted by Gasteiger charge is 1.98. The summed E-state index contributed by atoms with van der Waals surface area (Å²) in [6.07, 6.45) is 0. The summed E-state index contributed by atoms with van der Waals surface area (Å²) < 4.78 is 0. The molecule has 3 nitrogen and oxygen atoms in total. The standard InChI is InChI=1S/C9H12N2OS/c1-2-13-8-5-3-7(4-6-8)9(10)11-12/h3-6,12H,2H2,1H3,(H2,10,11). The summed E-state index contributed by atoms with van der Waals surface area (Å²) in [6.45, 7) is 2.10. The number of rotatable bonds is 3. The second-order valence-electron chi connectivity index (χ2n) is 2.44. The van der Waals surface area contributed by atoms with Crippen LogP contribution in [0.4, 0.5) is 0 Å². The van der Waals surface area contributed by atoms with Gasteiger partial charge < -0.3 is 10.9 Å². The molecule has 4 heteroatoms. The molecule has 1 rings (SSSR count). The fraction of sp³-hybridized carbons (Fsp3) is 0.222. The van der Waals surface area contributed by atoms with Gasteiger partial charge in [0.15, 0.2) is 5.84 Å². The molecule has 13 heavy (non-hydrogen) atoms. The van der Waals surface area contributed by atoms with Gasteiger partial charge in [0.05, 0.1) is 0 Å². The zero-order valence-electron chi connectivity index (χ0n) is 7.40. The Morgan fingerprint density at radius 1 is 1.46 bits per heavy atom. The van der Waals surface area contributed by atoms with Crippen molar-refractivity contribution in [2.75, 3.05) is 5.75 Å². The minimum atomic E-state index is 0.146. The third-order valence-electron chi connectivity index (χ3n) is 1.57. The number of thioether (sulfide) groups is 1. The molecule has 0 fully saturated rings. The van der Waals surface area contributed by atoms with Gasteiger partial charge >= 0.3 is 0 Å². The van der Waals surface area contributed by atoms with Crippen LogP contribution in [-0.2, 0) is 0 Å². The zero-order chi connectivity index (χ0) is 9.68. The van der Waals surface area contributed by atoms with E-state index in [9.17, 15) is 0 Å². The molecule has 0 atom stereocenters. The van der Waals surface area contributed by atoms with Gasteiger partial charge in [0, 0.05) is 10.5 Å². The van der Waals surface area contributed by atoms with Crippen LogP contribution >= 0.6 is 11.8 Å². The number of nitrogens with zero attached hydrogens (tertiary/aromatic N) is 1. The first kappa shape index (κ1) is 9.92. The number of hydrogen-bond acceptors (Lipinski definition) is 3. The van der Waals surface area contributed by atoms with Crippen molar-refractivity contribution in [1.29, 1.82) is 0 Å². The highest BCUT2D eigenvalue weighted by atomic mass is 32.2. The van der Waals surface area contributed by atoms with Gasteiger partial charge in [-0.3, -0.25) is 0 Å². The summed E-state index contributed by atoms with van der Waals surface area (Å²) in [7, 11) is 0. The van der Waals surface area contributed by atoms with Crippen LogP contribution in [0.3, 0.4) is 0 Å². The van der Waals surface area contributed by atoms with E-state index in [1.165, 1.54) is 4.90 Å². The molecule has 0 amide bonds. The van der Waals surface area contributed by atoms with Crippen molar-refractivity contribution in [3.05, 3.63) is 29.8 Å². The summed E-state index contributed by atoms with van der Waals surface area (Å²) >= 11 is 1.76. The number of oxime groups is 1. The molecule has 0 aliphatic rings. The van der Waals surface area contributed by atoms with Crippen molar-refractivity contribution in [3.8, 4) is 0 Å². The van der Waals surface area contributed by atoms with Crippen LogP contribution < -0.4 is 5.73 Å². The summed E-state index contributed by atoms with van der Waals surface area (Å²) in [5, 5.41) is 11.3. The van der Waals surface area contributed by atoms with Gasteiger partial charge in [-0.05, 0) is 17.9 Å². The van der Waals surface area contributed by atoms with Gasteiger partial charge in [0.2, 0.25) is 0 Å². The predicted molar refractivity (Wildman–Crippen MR) is 55.4 cm³/mol. The van der Waals surface area contributed by atoms with Crippen LogP contribution in [0.15, 0.2) is 34.3 Å². The van der Waals surface area contributed by atoms with Crippen LogP contribution in [0.2, 0.25) is 0 Å². The molecule has 0 aliphatic heterocycles. The van der Waals surface area contributed by atoms with E-state index in [0.717, 1.165) is 11.3 Å². The molecule has 0 aromatic heterocycles. The highest BCUT2D eigenvalue weighted by molar-refractivity contribution is 7.99. The van der Waals surface area contributed by atoms with Gasteiger partial charge in [-0.1, -0.05) is 24.2 Å². The molecule has 0 saturated carbocycles. The van der Waals surface area contributed by atoms with Crippen molar-refractivity contribution < 1.29 is 5.21 Å². The van der Waals surface area contributed by atoms with Crippen LogP contribution in [0.1, 0.15) is 12.5 Å². The first-order chi connectivity index (χ1) is 6.27. The monoisotopic (exact) mass is 196 g/mol. The van der Waals surface area contributed by atoms with Crippen LogP contribution in [0.25, 0.3) is 0 Å². The third kappa shape index (κ3) is 2.66. The fourth-order valence-corrected chi connectivity index (χ4v) is 1.61. The molecule has 0 spiro atoms. The molecule has 0 bridgehead atoms. The molecule has 1 aromatic rings. The summed E-state index contributed by atoms with van der Waals surface area (Å²) in [5.74, 6) is 1.19. The largest absolute Gasteiger partial charge is 0.409 e. The Kier molecular flexibility index (Phi) is 3.64. The molecule has 70 valence electrons. The third-order valence-corrected chi connectivity index (χ3v) is 2.46. The van der Waals surface area contributed by atoms with Crippen LogP contribution in [0.5, 0.6) is 0 Å². The predicted octanol–water partition coefficient (Wildman–Crippen LogP) is 1.89. The Bertz CT molecular complexity index is 295. The average Bonchev–Trinajstić information content (AvgIpc) is 2.18. The Morgan fingerprint density at radius 2 is 2.08 bits per heavy atom. The Balaban J connectivity index is 2.81. The maximum absolute atomic E-state index is 8.42. The van der Waals surface area contributed by atoms with E-state index in [2.05, 4.69) is 12.1 Å². The van der Waals surface area contributed by atoms with E-state index in [1.807, 2.05) is 24.3 Å². The first-order valence-corrected chi connectivity index (χ1v) is 4.97. The first-order valence-electron chi connectivity index (χ1n) is 3.98. The number of benzene rings is 1. The van der Waals surface area contributed by atoms with Crippen molar-refractivity contribution in [1.82, 2.24) is 0 Å². The second-order valence-corrected chi connectivity index (χ2v) is 3.78. The van der Waals surface area contributed by atoms with Crippen molar-refractivity contribution in [3.63, 3.8) is 0 Å². The van der Waals surface area contributed by atoms with E-state index in [1.54, 1.807) is 11.8 Å². The molecule has 0 aliphatic carbocycles. The summed E-state index contributed by atoms with van der Waals surface area (Å²) in [4.78, 5) is 1.19. The molecule has 0 heterocycles. The number of hydrogen-bond donors (Lipinski definition) is 2. The number of nitrogens with two attached hydrogens (primary N) is 1. The lowest BCUT2D eigenvalue weighted by Gasteiger charge is -2.00. The van der Waals surface area contributed by atoms with Crippen molar-refractivity contribution >= 4 is 17.6 Å². The molecular formula is C9H12N2OS. The minimum absolute atomic E-state index is 0.146. The van der Waals surface area contributed by atoms with E-state index in [0.29, 0.717) is 0 Å². The molecule has 0 saturated heterocycles. The Morgan fingerprint density at radius 3 is 2.54 bits per heavy atom. The molecule has 3 N–H and O–H groups in total. The molecule has 1 aromatic carbocycles. The van der Waals surface area contributed by atoms with E-state index in [-0.39, 0.29) is 5.84 Å². The quantitative estimate of drug-likeness (QED) is 0.255. The lowest BCUT2D eigenvalue weighted by Crippen LogP contribution is -2.12. The molecule has 0 unspecified atom stereocenters. The summed E-state index contributed by atoms with van der Waals surface area (Å²) in [6, 6.07) is 7.60. The van der Waals surface area contributed by atoms with Gasteiger partial charge in [0.1, 0.15) is 0 Å². The Labute approximate surface area is 81.6 Å². The van der Waals surface area contributed by atoms with Crippen molar-refractivity contribution in [2.24, 2.45) is 10.9 Å². The van der Waals surface area contributed by atoms with Gasteiger partial charge in [-0.25, -0.2) is 0 Å². The van der Waals surface area contributed by atoms with Crippen LogP contribution in [-0.4, -0.2) is 16.8 Å². The van der Waals surface area contributed by atoms with Crippen LogP contribution in [0, 0.1) is 0 Å². The lowest BCUT2D eigenvalue weighted by molar-refractivity contribution is 0.318. The topological polar surface area (TPSA) is 58.6 Å². The van der Waals surface area contributed by atoms with Gasteiger partial charge in [-0.15, -0.1) is 11.8 Å². The smallest absolute Gasteiger partial charge is 0.170 e. The maximum Gasteiger partial charge on any atom is 0.170 e. The second kappa shape index (κ2) is 4.77. The lowest BCUT2D eigenvalue weighted by atomic mass is 10.2. The van der Waals surface area contributed by atoms with E-state index < -0.39 is 0 Å². The highest BCUT2D eigenvalue weighted by Crippen LogP contribution is 2.17. The van der Waals surface area contributed by atoms with Crippen molar-refractivity contribution in [2.45, 2.75) is 11.8 Å². The summed E-state index contributed by atoms with van der Waals surface area (Å²) in [5.41, 5.74) is 6.15. The van der Waals surface area contributed by atoms with E-state index >= 15 is 0 Å². The molecular weight excluding hydrogens is 184 g/mol.